The molecule has 0 bridgehead atoms. The zero-order chi connectivity index (χ0) is 13.7. The van der Waals surface area contributed by atoms with Gasteiger partial charge >= 0.3 is 6.03 Å². The Morgan fingerprint density at radius 2 is 2.21 bits per heavy atom. The number of urea groups is 1. The van der Waals surface area contributed by atoms with Gasteiger partial charge in [0.15, 0.2) is 0 Å². The van der Waals surface area contributed by atoms with Crippen molar-refractivity contribution >= 4 is 17.4 Å². The van der Waals surface area contributed by atoms with E-state index in [1.165, 1.54) is 0 Å². The molecular formula is C14H18N2O2S. The van der Waals surface area contributed by atoms with Gasteiger partial charge < -0.3 is 14.6 Å². The molecule has 0 aliphatic heterocycles. The first-order chi connectivity index (χ1) is 9.15. The molecule has 5 heteroatoms. The lowest BCUT2D eigenvalue weighted by Crippen LogP contribution is -2.42. The molecular weight excluding hydrogens is 260 g/mol. The molecule has 0 saturated carbocycles. The van der Waals surface area contributed by atoms with Gasteiger partial charge in [0, 0.05) is 10.9 Å². The fourth-order valence-corrected chi connectivity index (χ4v) is 2.44. The monoisotopic (exact) mass is 278 g/mol. The molecule has 4 nitrogen and oxygen atoms in total. The smallest absolute Gasteiger partial charge is 0.318 e. The number of rotatable bonds is 5. The van der Waals surface area contributed by atoms with E-state index in [1.807, 2.05) is 43.5 Å². The van der Waals surface area contributed by atoms with E-state index in [9.17, 15) is 4.79 Å². The predicted molar refractivity (Wildman–Crippen MR) is 75.9 cm³/mol. The molecule has 0 radical (unpaired) electrons. The molecule has 0 spiro atoms. The molecule has 0 aromatic carbocycles. The van der Waals surface area contributed by atoms with E-state index in [2.05, 4.69) is 5.32 Å². The largest absolute Gasteiger partial charge is 0.467 e. The predicted octanol–water partition coefficient (Wildman–Crippen LogP) is 3.46. The van der Waals surface area contributed by atoms with Gasteiger partial charge in [-0.25, -0.2) is 4.79 Å². The van der Waals surface area contributed by atoms with E-state index < -0.39 is 0 Å². The number of thiophene rings is 1. The third-order valence-electron chi connectivity index (χ3n) is 2.55. The Labute approximate surface area is 117 Å². The van der Waals surface area contributed by atoms with Crippen molar-refractivity contribution in [1.29, 1.82) is 0 Å². The SMILES string of the molecule is CC(C)NC(=O)N(Cc1ccco1)Cc1cccs1. The van der Waals surface area contributed by atoms with Gasteiger partial charge in [-0.15, -0.1) is 11.3 Å². The summed E-state index contributed by atoms with van der Waals surface area (Å²) in [6, 6.07) is 7.78. The van der Waals surface area contributed by atoms with Crippen molar-refractivity contribution < 1.29 is 9.21 Å². The highest BCUT2D eigenvalue weighted by molar-refractivity contribution is 7.09. The quantitative estimate of drug-likeness (QED) is 0.910. The maximum atomic E-state index is 12.2. The zero-order valence-corrected chi connectivity index (χ0v) is 11.9. The molecule has 2 aromatic heterocycles. The van der Waals surface area contributed by atoms with Crippen LogP contribution in [0, 0.1) is 0 Å². The topological polar surface area (TPSA) is 45.5 Å². The Kier molecular flexibility index (Phi) is 4.63. The summed E-state index contributed by atoms with van der Waals surface area (Å²) in [5, 5.41) is 4.93. The maximum absolute atomic E-state index is 12.2. The van der Waals surface area contributed by atoms with E-state index in [1.54, 1.807) is 22.5 Å². The first kappa shape index (κ1) is 13.7. The first-order valence-electron chi connectivity index (χ1n) is 6.25. The van der Waals surface area contributed by atoms with Crippen molar-refractivity contribution in [2.75, 3.05) is 0 Å². The number of furan rings is 1. The summed E-state index contributed by atoms with van der Waals surface area (Å²) in [5.41, 5.74) is 0. The lowest BCUT2D eigenvalue weighted by molar-refractivity contribution is 0.185. The number of nitrogens with one attached hydrogen (secondary N) is 1. The summed E-state index contributed by atoms with van der Waals surface area (Å²) in [5.74, 6) is 0.787. The molecule has 102 valence electrons. The number of hydrogen-bond donors (Lipinski definition) is 1. The van der Waals surface area contributed by atoms with Crippen molar-refractivity contribution in [3.05, 3.63) is 46.5 Å². The summed E-state index contributed by atoms with van der Waals surface area (Å²) in [6.45, 7) is 4.97. The van der Waals surface area contributed by atoms with E-state index >= 15 is 0 Å². The Hall–Kier alpha value is -1.75. The normalized spacial score (nSPS) is 10.7. The minimum atomic E-state index is -0.0696. The van der Waals surface area contributed by atoms with Gasteiger partial charge in [-0.1, -0.05) is 6.07 Å². The van der Waals surface area contributed by atoms with Crippen molar-refractivity contribution in [1.82, 2.24) is 10.2 Å². The van der Waals surface area contributed by atoms with Crippen LogP contribution in [0.3, 0.4) is 0 Å². The first-order valence-corrected chi connectivity index (χ1v) is 7.13. The third kappa shape index (κ3) is 4.13. The van der Waals surface area contributed by atoms with Crippen molar-refractivity contribution in [3.63, 3.8) is 0 Å². The lowest BCUT2D eigenvalue weighted by Gasteiger charge is -2.23. The molecule has 2 rings (SSSR count). The molecule has 0 aliphatic carbocycles. The third-order valence-corrected chi connectivity index (χ3v) is 3.41. The summed E-state index contributed by atoms with van der Waals surface area (Å²) >= 11 is 1.65. The average molecular weight is 278 g/mol. The fraction of sp³-hybridized carbons (Fsp3) is 0.357. The van der Waals surface area contributed by atoms with E-state index in [-0.39, 0.29) is 12.1 Å². The number of hydrogen-bond acceptors (Lipinski definition) is 3. The van der Waals surface area contributed by atoms with E-state index in [4.69, 9.17) is 4.42 Å². The van der Waals surface area contributed by atoms with Gasteiger partial charge in [-0.05, 0) is 37.4 Å². The second-order valence-corrected chi connectivity index (χ2v) is 5.65. The fourth-order valence-electron chi connectivity index (χ4n) is 1.72. The second kappa shape index (κ2) is 6.43. The Balaban J connectivity index is 2.05. The minimum absolute atomic E-state index is 0.0696. The molecule has 0 saturated heterocycles. The number of carbonyl (C=O) groups excluding carboxylic acids is 1. The number of amides is 2. The second-order valence-electron chi connectivity index (χ2n) is 4.62. The molecule has 0 fully saturated rings. The van der Waals surface area contributed by atoms with Crippen LogP contribution in [0.2, 0.25) is 0 Å². The van der Waals surface area contributed by atoms with Gasteiger partial charge in [-0.3, -0.25) is 0 Å². The molecule has 2 heterocycles. The van der Waals surface area contributed by atoms with E-state index in [0.717, 1.165) is 10.6 Å². The van der Waals surface area contributed by atoms with Crippen molar-refractivity contribution in [3.8, 4) is 0 Å². The highest BCUT2D eigenvalue weighted by Crippen LogP contribution is 2.15. The van der Waals surface area contributed by atoms with Crippen LogP contribution in [-0.2, 0) is 13.1 Å². The van der Waals surface area contributed by atoms with Crippen LogP contribution in [-0.4, -0.2) is 17.0 Å². The lowest BCUT2D eigenvalue weighted by atomic mass is 10.3. The molecule has 1 N–H and O–H groups in total. The summed E-state index contributed by atoms with van der Waals surface area (Å²) < 4.78 is 5.32. The molecule has 2 amide bonds. The highest BCUT2D eigenvalue weighted by atomic mass is 32.1. The molecule has 0 unspecified atom stereocenters. The van der Waals surface area contributed by atoms with Crippen LogP contribution >= 0.6 is 11.3 Å². The molecule has 2 aromatic rings. The van der Waals surface area contributed by atoms with Gasteiger partial charge in [0.25, 0.3) is 0 Å². The van der Waals surface area contributed by atoms with Gasteiger partial charge in [0.1, 0.15) is 5.76 Å². The van der Waals surface area contributed by atoms with E-state index in [0.29, 0.717) is 13.1 Å². The standard InChI is InChI=1S/C14H18N2O2S/c1-11(2)15-14(17)16(9-12-5-3-7-18-12)10-13-6-4-8-19-13/h3-8,11H,9-10H2,1-2H3,(H,15,17). The van der Waals surface area contributed by atoms with Gasteiger partial charge in [0.2, 0.25) is 0 Å². The van der Waals surface area contributed by atoms with Crippen molar-refractivity contribution in [2.45, 2.75) is 33.0 Å². The Morgan fingerprint density at radius 1 is 1.37 bits per heavy atom. The Bertz CT molecular complexity index is 455. The highest BCUT2D eigenvalue weighted by Gasteiger charge is 2.16. The van der Waals surface area contributed by atoms with Crippen LogP contribution in [0.4, 0.5) is 4.79 Å². The van der Waals surface area contributed by atoms with Gasteiger partial charge in [-0.2, -0.15) is 0 Å². The zero-order valence-electron chi connectivity index (χ0n) is 11.1. The number of nitrogens with zero attached hydrogens (tertiary/aromatic N) is 1. The maximum Gasteiger partial charge on any atom is 0.318 e. The molecule has 0 atom stereocenters. The summed E-state index contributed by atoms with van der Waals surface area (Å²) in [7, 11) is 0. The van der Waals surface area contributed by atoms with Crippen LogP contribution in [0.1, 0.15) is 24.5 Å². The molecule has 0 aliphatic rings. The Morgan fingerprint density at radius 3 is 2.79 bits per heavy atom. The summed E-state index contributed by atoms with van der Waals surface area (Å²) in [4.78, 5) is 15.1. The van der Waals surface area contributed by atoms with Gasteiger partial charge in [0.05, 0.1) is 19.4 Å². The van der Waals surface area contributed by atoms with Crippen molar-refractivity contribution in [2.24, 2.45) is 0 Å². The summed E-state index contributed by atoms with van der Waals surface area (Å²) in [6.07, 6.45) is 1.62. The molecule has 19 heavy (non-hydrogen) atoms. The number of carbonyl (C=O) groups is 1. The average Bonchev–Trinajstić information content (AvgIpc) is 2.99. The van der Waals surface area contributed by atoms with Crippen LogP contribution < -0.4 is 5.32 Å². The minimum Gasteiger partial charge on any atom is -0.467 e. The van der Waals surface area contributed by atoms with Crippen LogP contribution in [0.25, 0.3) is 0 Å². The van der Waals surface area contributed by atoms with Crippen LogP contribution in [0.15, 0.2) is 40.3 Å². The van der Waals surface area contributed by atoms with Crippen LogP contribution in [0.5, 0.6) is 0 Å².